The second-order valence-corrected chi connectivity index (χ2v) is 3.44. The zero-order chi connectivity index (χ0) is 9.26. The van der Waals surface area contributed by atoms with Crippen molar-refractivity contribution in [2.24, 2.45) is 0 Å². The Balaban J connectivity index is 2.30. The van der Waals surface area contributed by atoms with Crippen molar-refractivity contribution in [2.45, 2.75) is 6.92 Å². The van der Waals surface area contributed by atoms with E-state index in [2.05, 4.69) is 36.1 Å². The third kappa shape index (κ3) is 1.52. The highest BCUT2D eigenvalue weighted by atomic mass is 15.1. The Morgan fingerprint density at radius 1 is 1.23 bits per heavy atom. The van der Waals surface area contributed by atoms with Crippen molar-refractivity contribution in [3.63, 3.8) is 0 Å². The molecule has 1 aliphatic heterocycles. The average Bonchev–Trinajstić information content (AvgIpc) is 2.56. The Bertz CT molecular complexity index is 334. The molecule has 0 fully saturated rings. The van der Waals surface area contributed by atoms with Crippen molar-refractivity contribution in [2.75, 3.05) is 23.7 Å². The largest absolute Gasteiger partial charge is 0.397 e. The summed E-state index contributed by atoms with van der Waals surface area (Å²) in [5.74, 6) is 0. The summed E-state index contributed by atoms with van der Waals surface area (Å²) < 4.78 is 0. The summed E-state index contributed by atoms with van der Waals surface area (Å²) >= 11 is 0. The van der Waals surface area contributed by atoms with Gasteiger partial charge in [0.1, 0.15) is 0 Å². The van der Waals surface area contributed by atoms with E-state index in [0.29, 0.717) is 0 Å². The summed E-state index contributed by atoms with van der Waals surface area (Å²) in [6.07, 6.45) is 4.33. The molecule has 0 atom stereocenters. The van der Waals surface area contributed by atoms with Crippen LogP contribution in [0.2, 0.25) is 0 Å². The first kappa shape index (κ1) is 8.17. The van der Waals surface area contributed by atoms with Crippen LogP contribution in [0, 0.1) is 6.92 Å². The van der Waals surface area contributed by atoms with E-state index in [-0.39, 0.29) is 0 Å². The van der Waals surface area contributed by atoms with Crippen LogP contribution in [-0.2, 0) is 0 Å². The molecule has 0 aromatic heterocycles. The van der Waals surface area contributed by atoms with Crippen LogP contribution in [0.3, 0.4) is 0 Å². The quantitative estimate of drug-likeness (QED) is 0.521. The Morgan fingerprint density at radius 3 is 2.54 bits per heavy atom. The maximum atomic E-state index is 5.93. The number of nitrogens with two attached hydrogens (primary N) is 1. The molecule has 0 saturated heterocycles. The fraction of sp³-hybridized carbons (Fsp3) is 0.273. The Labute approximate surface area is 78.7 Å². The highest BCUT2D eigenvalue weighted by molar-refractivity contribution is 5.69. The summed E-state index contributed by atoms with van der Waals surface area (Å²) in [6, 6.07) is 6.22. The molecule has 2 N–H and O–H groups in total. The standard InChI is InChI=1S/C11H14N2/c1-9-4-5-11(10(12)8-9)13-6-2-3-7-13/h2-5,8H,6-7,12H2,1H3. The number of rotatable bonds is 1. The monoisotopic (exact) mass is 174 g/mol. The molecule has 0 aliphatic carbocycles. The number of hydrogen-bond donors (Lipinski definition) is 1. The van der Waals surface area contributed by atoms with Gasteiger partial charge in [0.15, 0.2) is 0 Å². The van der Waals surface area contributed by atoms with Crippen LogP contribution in [0.4, 0.5) is 11.4 Å². The smallest absolute Gasteiger partial charge is 0.0605 e. The molecule has 0 amide bonds. The number of hydrogen-bond acceptors (Lipinski definition) is 2. The fourth-order valence-electron chi connectivity index (χ4n) is 1.64. The number of nitrogens with zero attached hydrogens (tertiary/aromatic N) is 1. The van der Waals surface area contributed by atoms with E-state index in [9.17, 15) is 0 Å². The van der Waals surface area contributed by atoms with Crippen molar-refractivity contribution >= 4 is 11.4 Å². The number of anilines is 2. The van der Waals surface area contributed by atoms with Crippen LogP contribution in [0.5, 0.6) is 0 Å². The third-order valence-corrected chi connectivity index (χ3v) is 2.34. The van der Waals surface area contributed by atoms with Gasteiger partial charge < -0.3 is 10.6 Å². The van der Waals surface area contributed by atoms with Gasteiger partial charge in [-0.3, -0.25) is 0 Å². The molecule has 1 aliphatic rings. The Kier molecular flexibility index (Phi) is 1.97. The van der Waals surface area contributed by atoms with E-state index in [1.54, 1.807) is 0 Å². The molecular formula is C11H14N2. The lowest BCUT2D eigenvalue weighted by atomic mass is 10.2. The normalized spacial score (nSPS) is 15.3. The maximum absolute atomic E-state index is 5.93. The number of aryl methyl sites for hydroxylation is 1. The average molecular weight is 174 g/mol. The number of nitrogen functional groups attached to an aromatic ring is 1. The van der Waals surface area contributed by atoms with E-state index in [1.165, 1.54) is 5.56 Å². The van der Waals surface area contributed by atoms with Crippen molar-refractivity contribution in [3.8, 4) is 0 Å². The molecule has 0 spiro atoms. The van der Waals surface area contributed by atoms with Gasteiger partial charge in [-0.15, -0.1) is 0 Å². The summed E-state index contributed by atoms with van der Waals surface area (Å²) in [6.45, 7) is 4.02. The zero-order valence-corrected chi connectivity index (χ0v) is 7.83. The van der Waals surface area contributed by atoms with E-state index >= 15 is 0 Å². The van der Waals surface area contributed by atoms with Crippen molar-refractivity contribution < 1.29 is 0 Å². The van der Waals surface area contributed by atoms with Gasteiger partial charge in [-0.25, -0.2) is 0 Å². The van der Waals surface area contributed by atoms with Gasteiger partial charge in [0, 0.05) is 13.1 Å². The van der Waals surface area contributed by atoms with Crippen molar-refractivity contribution in [3.05, 3.63) is 35.9 Å². The molecule has 1 aromatic carbocycles. The van der Waals surface area contributed by atoms with Gasteiger partial charge in [0.05, 0.1) is 11.4 Å². The lowest BCUT2D eigenvalue weighted by Gasteiger charge is -2.19. The maximum Gasteiger partial charge on any atom is 0.0605 e. The molecule has 68 valence electrons. The predicted octanol–water partition coefficient (Wildman–Crippen LogP) is 1.95. The summed E-state index contributed by atoms with van der Waals surface area (Å²) in [5.41, 5.74) is 9.18. The summed E-state index contributed by atoms with van der Waals surface area (Å²) in [4.78, 5) is 2.26. The fourth-order valence-corrected chi connectivity index (χ4v) is 1.64. The van der Waals surface area contributed by atoms with Crippen molar-refractivity contribution in [1.29, 1.82) is 0 Å². The summed E-state index contributed by atoms with van der Waals surface area (Å²) in [5, 5.41) is 0. The topological polar surface area (TPSA) is 29.3 Å². The Morgan fingerprint density at radius 2 is 1.92 bits per heavy atom. The van der Waals surface area contributed by atoms with Crippen LogP contribution >= 0.6 is 0 Å². The molecule has 0 bridgehead atoms. The second-order valence-electron chi connectivity index (χ2n) is 3.44. The van der Waals surface area contributed by atoms with Gasteiger partial charge >= 0.3 is 0 Å². The van der Waals surface area contributed by atoms with Crippen molar-refractivity contribution in [1.82, 2.24) is 0 Å². The zero-order valence-electron chi connectivity index (χ0n) is 7.83. The van der Waals surface area contributed by atoms with Gasteiger partial charge in [0.2, 0.25) is 0 Å². The minimum absolute atomic E-state index is 0.878. The van der Waals surface area contributed by atoms with Crippen LogP contribution in [-0.4, -0.2) is 13.1 Å². The van der Waals surface area contributed by atoms with E-state index in [0.717, 1.165) is 24.5 Å². The molecule has 2 rings (SSSR count). The van der Waals surface area contributed by atoms with Crippen LogP contribution in [0.1, 0.15) is 5.56 Å². The van der Waals surface area contributed by atoms with E-state index in [1.807, 2.05) is 6.07 Å². The van der Waals surface area contributed by atoms with Gasteiger partial charge in [-0.05, 0) is 24.6 Å². The molecule has 0 saturated carbocycles. The molecule has 2 nitrogen and oxygen atoms in total. The minimum Gasteiger partial charge on any atom is -0.397 e. The van der Waals surface area contributed by atoms with Gasteiger partial charge in [-0.1, -0.05) is 18.2 Å². The predicted molar refractivity (Wildman–Crippen MR) is 56.9 cm³/mol. The van der Waals surface area contributed by atoms with Gasteiger partial charge in [-0.2, -0.15) is 0 Å². The molecule has 0 unspecified atom stereocenters. The minimum atomic E-state index is 0.878. The SMILES string of the molecule is Cc1ccc(N2CC=CC2)c(N)c1. The molecule has 1 aromatic rings. The van der Waals surface area contributed by atoms with Crippen LogP contribution in [0.25, 0.3) is 0 Å². The molecule has 13 heavy (non-hydrogen) atoms. The lowest BCUT2D eigenvalue weighted by Crippen LogP contribution is -2.19. The van der Waals surface area contributed by atoms with E-state index in [4.69, 9.17) is 5.73 Å². The Hall–Kier alpha value is -1.44. The second kappa shape index (κ2) is 3.13. The first-order valence-corrected chi connectivity index (χ1v) is 4.53. The third-order valence-electron chi connectivity index (χ3n) is 2.34. The molecule has 1 heterocycles. The lowest BCUT2D eigenvalue weighted by molar-refractivity contribution is 1.01. The highest BCUT2D eigenvalue weighted by Crippen LogP contribution is 2.25. The highest BCUT2D eigenvalue weighted by Gasteiger charge is 2.09. The molecule has 2 heteroatoms. The molecular weight excluding hydrogens is 160 g/mol. The van der Waals surface area contributed by atoms with E-state index < -0.39 is 0 Å². The summed E-state index contributed by atoms with van der Waals surface area (Å²) in [7, 11) is 0. The number of benzene rings is 1. The van der Waals surface area contributed by atoms with Gasteiger partial charge in [0.25, 0.3) is 0 Å². The molecule has 0 radical (unpaired) electrons. The first-order valence-electron chi connectivity index (χ1n) is 4.53. The van der Waals surface area contributed by atoms with Crippen LogP contribution in [0.15, 0.2) is 30.4 Å². The van der Waals surface area contributed by atoms with Crippen LogP contribution < -0.4 is 10.6 Å². The first-order chi connectivity index (χ1) is 6.27.